The van der Waals surface area contributed by atoms with E-state index in [4.69, 9.17) is 0 Å². The fourth-order valence-corrected chi connectivity index (χ4v) is 1.61. The van der Waals surface area contributed by atoms with Crippen molar-refractivity contribution >= 4 is 11.7 Å². The van der Waals surface area contributed by atoms with Crippen LogP contribution in [0.5, 0.6) is 0 Å². The van der Waals surface area contributed by atoms with Crippen molar-refractivity contribution in [3.63, 3.8) is 0 Å². The Bertz CT molecular complexity index is 375. The van der Waals surface area contributed by atoms with E-state index < -0.39 is 0 Å². The average Bonchev–Trinajstić information content (AvgIpc) is 2.66. The number of likely N-dealkylation sites (tertiary alicyclic amines) is 1. The first-order valence-electron chi connectivity index (χ1n) is 4.95. The first kappa shape index (κ1) is 9.83. The Morgan fingerprint density at radius 3 is 2.93 bits per heavy atom. The summed E-state index contributed by atoms with van der Waals surface area (Å²) in [6, 6.07) is 5.48. The van der Waals surface area contributed by atoms with Gasteiger partial charge in [-0.2, -0.15) is 0 Å². The number of pyridine rings is 1. The molecule has 0 saturated carbocycles. The summed E-state index contributed by atoms with van der Waals surface area (Å²) in [6.07, 6.45) is 2.44. The molecule has 0 atom stereocenters. The number of carbonyl (C=O) groups excluding carboxylic acids is 2. The number of aromatic nitrogens is 1. The summed E-state index contributed by atoms with van der Waals surface area (Å²) in [7, 11) is 0. The van der Waals surface area contributed by atoms with E-state index in [0.717, 1.165) is 5.69 Å². The molecular weight excluding hydrogens is 192 g/mol. The normalized spacial score (nSPS) is 15.7. The van der Waals surface area contributed by atoms with Crippen molar-refractivity contribution < 1.29 is 9.59 Å². The predicted octanol–water partition coefficient (Wildman–Crippen LogP) is 0.425. The molecule has 1 aromatic rings. The molecule has 2 rings (SSSR count). The van der Waals surface area contributed by atoms with Crippen LogP contribution in [0, 0.1) is 0 Å². The van der Waals surface area contributed by atoms with Gasteiger partial charge in [0, 0.05) is 24.9 Å². The van der Waals surface area contributed by atoms with Gasteiger partial charge in [-0.25, -0.2) is 0 Å². The van der Waals surface area contributed by atoms with Gasteiger partial charge in [-0.1, -0.05) is 6.07 Å². The highest BCUT2D eigenvalue weighted by Gasteiger charge is 2.23. The van der Waals surface area contributed by atoms with Gasteiger partial charge in [0.1, 0.15) is 0 Å². The lowest BCUT2D eigenvalue weighted by atomic mass is 10.2. The summed E-state index contributed by atoms with van der Waals surface area (Å²) < 4.78 is 0. The number of ketones is 1. The van der Waals surface area contributed by atoms with Gasteiger partial charge >= 0.3 is 0 Å². The summed E-state index contributed by atoms with van der Waals surface area (Å²) in [6.45, 7) is 0.830. The predicted molar refractivity (Wildman–Crippen MR) is 54.1 cm³/mol. The van der Waals surface area contributed by atoms with E-state index in [1.807, 2.05) is 18.2 Å². The van der Waals surface area contributed by atoms with Crippen LogP contribution in [0.4, 0.5) is 0 Å². The summed E-state index contributed by atoms with van der Waals surface area (Å²) in [4.78, 5) is 28.4. The minimum atomic E-state index is -0.0143. The Balaban J connectivity index is 1.96. The third-order valence-electron chi connectivity index (χ3n) is 2.44. The van der Waals surface area contributed by atoms with Crippen molar-refractivity contribution in [2.45, 2.75) is 12.8 Å². The summed E-state index contributed by atoms with van der Waals surface area (Å²) in [5.41, 5.74) is 0.752. The van der Waals surface area contributed by atoms with Gasteiger partial charge in [-0.15, -0.1) is 0 Å². The Kier molecular flexibility index (Phi) is 2.76. The molecule has 0 aromatic carbocycles. The molecule has 0 unspecified atom stereocenters. The molecule has 0 aliphatic carbocycles. The number of carbonyl (C=O) groups is 2. The summed E-state index contributed by atoms with van der Waals surface area (Å²) in [5, 5.41) is 0. The average molecular weight is 204 g/mol. The van der Waals surface area contributed by atoms with Gasteiger partial charge in [-0.05, 0) is 12.1 Å². The molecule has 4 nitrogen and oxygen atoms in total. The van der Waals surface area contributed by atoms with Gasteiger partial charge in [0.05, 0.1) is 13.0 Å². The standard InChI is InChI=1S/C11H12N2O2/c14-10-4-6-13(8-10)11(15)7-9-3-1-2-5-12-9/h1-3,5H,4,6-8H2. The lowest BCUT2D eigenvalue weighted by Crippen LogP contribution is -2.30. The van der Waals surface area contributed by atoms with Gasteiger partial charge in [0.25, 0.3) is 0 Å². The van der Waals surface area contributed by atoms with Crippen LogP contribution >= 0.6 is 0 Å². The molecule has 0 bridgehead atoms. The van der Waals surface area contributed by atoms with Crippen molar-refractivity contribution in [1.82, 2.24) is 9.88 Å². The van der Waals surface area contributed by atoms with Crippen molar-refractivity contribution in [2.75, 3.05) is 13.1 Å². The van der Waals surface area contributed by atoms with Crippen LogP contribution in [-0.4, -0.2) is 34.7 Å². The van der Waals surface area contributed by atoms with Crippen LogP contribution in [-0.2, 0) is 16.0 Å². The third kappa shape index (κ3) is 2.40. The maximum atomic E-state index is 11.7. The highest BCUT2D eigenvalue weighted by molar-refractivity contribution is 5.89. The van der Waals surface area contributed by atoms with E-state index in [1.165, 1.54) is 0 Å². The van der Waals surface area contributed by atoms with E-state index in [-0.39, 0.29) is 24.7 Å². The molecule has 15 heavy (non-hydrogen) atoms. The second-order valence-electron chi connectivity index (χ2n) is 3.60. The molecule has 1 fully saturated rings. The van der Waals surface area contributed by atoms with Crippen LogP contribution in [0.15, 0.2) is 24.4 Å². The first-order chi connectivity index (χ1) is 7.25. The largest absolute Gasteiger partial charge is 0.335 e. The SMILES string of the molecule is O=C1CCN(C(=O)Cc2ccccn2)C1. The molecule has 78 valence electrons. The molecule has 1 aliphatic rings. The Hall–Kier alpha value is -1.71. The molecule has 2 heterocycles. The van der Waals surface area contributed by atoms with Crippen LogP contribution in [0.1, 0.15) is 12.1 Å². The lowest BCUT2D eigenvalue weighted by Gasteiger charge is -2.13. The third-order valence-corrected chi connectivity index (χ3v) is 2.44. The van der Waals surface area contributed by atoms with E-state index in [2.05, 4.69) is 4.98 Å². The van der Waals surface area contributed by atoms with E-state index in [0.29, 0.717) is 13.0 Å². The molecule has 0 spiro atoms. The Labute approximate surface area is 87.9 Å². The molecule has 1 aromatic heterocycles. The highest BCUT2D eigenvalue weighted by atomic mass is 16.2. The zero-order valence-corrected chi connectivity index (χ0v) is 8.35. The number of hydrogen-bond donors (Lipinski definition) is 0. The fraction of sp³-hybridized carbons (Fsp3) is 0.364. The van der Waals surface area contributed by atoms with E-state index in [9.17, 15) is 9.59 Å². The summed E-state index contributed by atoms with van der Waals surface area (Å²) in [5.74, 6) is 0.129. The Morgan fingerprint density at radius 2 is 2.33 bits per heavy atom. The van der Waals surface area contributed by atoms with Crippen molar-refractivity contribution in [3.05, 3.63) is 30.1 Å². The molecule has 0 radical (unpaired) electrons. The number of nitrogens with zero attached hydrogens (tertiary/aromatic N) is 2. The van der Waals surface area contributed by atoms with Crippen LogP contribution < -0.4 is 0 Å². The van der Waals surface area contributed by atoms with Crippen LogP contribution in [0.2, 0.25) is 0 Å². The quantitative estimate of drug-likeness (QED) is 0.701. The van der Waals surface area contributed by atoms with E-state index >= 15 is 0 Å². The van der Waals surface area contributed by atoms with Crippen LogP contribution in [0.25, 0.3) is 0 Å². The molecule has 1 saturated heterocycles. The fourth-order valence-electron chi connectivity index (χ4n) is 1.61. The maximum absolute atomic E-state index is 11.7. The number of hydrogen-bond acceptors (Lipinski definition) is 3. The highest BCUT2D eigenvalue weighted by Crippen LogP contribution is 2.07. The molecular formula is C11H12N2O2. The molecule has 4 heteroatoms. The Morgan fingerprint density at radius 1 is 1.47 bits per heavy atom. The molecule has 1 aliphatic heterocycles. The van der Waals surface area contributed by atoms with Crippen molar-refractivity contribution in [2.24, 2.45) is 0 Å². The zero-order valence-electron chi connectivity index (χ0n) is 8.35. The lowest BCUT2D eigenvalue weighted by molar-refractivity contribution is -0.131. The van der Waals surface area contributed by atoms with Crippen LogP contribution in [0.3, 0.4) is 0 Å². The number of amides is 1. The molecule has 1 amide bonds. The van der Waals surface area contributed by atoms with Crippen molar-refractivity contribution in [3.8, 4) is 0 Å². The van der Waals surface area contributed by atoms with E-state index in [1.54, 1.807) is 11.1 Å². The zero-order chi connectivity index (χ0) is 10.7. The molecule has 0 N–H and O–H groups in total. The monoisotopic (exact) mass is 204 g/mol. The van der Waals surface area contributed by atoms with Gasteiger partial charge in [0.2, 0.25) is 5.91 Å². The number of rotatable bonds is 2. The van der Waals surface area contributed by atoms with Gasteiger partial charge in [0.15, 0.2) is 5.78 Å². The minimum absolute atomic E-state index is 0.0143. The minimum Gasteiger partial charge on any atom is -0.335 e. The van der Waals surface area contributed by atoms with Gasteiger partial charge < -0.3 is 4.90 Å². The smallest absolute Gasteiger partial charge is 0.228 e. The van der Waals surface area contributed by atoms with Gasteiger partial charge in [-0.3, -0.25) is 14.6 Å². The van der Waals surface area contributed by atoms with Crippen molar-refractivity contribution in [1.29, 1.82) is 0 Å². The maximum Gasteiger partial charge on any atom is 0.228 e. The number of Topliss-reactive ketones (excluding diaryl/α,β-unsaturated/α-hetero) is 1. The topological polar surface area (TPSA) is 50.3 Å². The summed E-state index contributed by atoms with van der Waals surface area (Å²) >= 11 is 0. The second-order valence-corrected chi connectivity index (χ2v) is 3.60. The second kappa shape index (κ2) is 4.21. The first-order valence-corrected chi connectivity index (χ1v) is 4.95.